The van der Waals surface area contributed by atoms with Crippen molar-refractivity contribution in [2.45, 2.75) is 0 Å². The molecule has 7 heavy (non-hydrogen) atoms. The third-order valence-electron chi connectivity index (χ3n) is 0.136. The number of allylic oxidation sites excluding steroid dienone is 2. The van der Waals surface area contributed by atoms with Crippen molar-refractivity contribution in [2.24, 2.45) is 0 Å². The van der Waals surface area contributed by atoms with Crippen molar-refractivity contribution in [2.75, 3.05) is 0 Å². The van der Waals surface area contributed by atoms with Gasteiger partial charge in [0.05, 0.1) is 0 Å². The molecule has 0 fully saturated rings. The van der Waals surface area contributed by atoms with Crippen LogP contribution in [-0.4, -0.2) is 0 Å². The van der Waals surface area contributed by atoms with Crippen LogP contribution >= 0.6 is 0 Å². The molecule has 0 saturated heterocycles. The van der Waals surface area contributed by atoms with Crippen LogP contribution in [0.5, 0.6) is 0 Å². The Morgan fingerprint density at radius 3 is 1.43 bits per heavy atom. The first kappa shape index (κ1) is 25.2. The normalized spacial score (nSPS) is 2.86. The Labute approximate surface area is 70.5 Å². The summed E-state index contributed by atoms with van der Waals surface area (Å²) in [6.07, 6.45) is 2.92. The van der Waals surface area contributed by atoms with E-state index in [1.807, 2.05) is 0 Å². The molecule has 0 unspecified atom stereocenters. The first-order chi connectivity index (χ1) is 1.91. The number of halogens is 2. The molecule has 46 valence electrons. The summed E-state index contributed by atoms with van der Waals surface area (Å²) in [4.78, 5) is 0. The van der Waals surface area contributed by atoms with Crippen LogP contribution in [0.15, 0.2) is 18.7 Å². The fourth-order valence-electron chi connectivity index (χ4n) is 0. The van der Waals surface area contributed by atoms with Crippen molar-refractivity contribution in [1.82, 2.24) is 0 Å². The molecule has 0 atom stereocenters. The molecule has 3 heteroatoms. The van der Waals surface area contributed by atoms with Gasteiger partial charge in [-0.1, -0.05) is 0 Å². The molecule has 0 spiro atoms. The third kappa shape index (κ3) is 50.5. The summed E-state index contributed by atoms with van der Waals surface area (Å²) >= 11 is 0. The molecule has 0 heterocycles. The summed E-state index contributed by atoms with van der Waals surface area (Å²) in [5.74, 6) is 0. The Morgan fingerprint density at radius 1 is 1.29 bits per heavy atom. The van der Waals surface area contributed by atoms with Gasteiger partial charge in [-0.05, 0) is 0 Å². The molecule has 0 aliphatic carbocycles. The van der Waals surface area contributed by atoms with Crippen molar-refractivity contribution in [3.63, 3.8) is 0 Å². The van der Waals surface area contributed by atoms with Crippen LogP contribution in [0.25, 0.3) is 0 Å². The minimum atomic E-state index is 0. The SMILES string of the molecule is [CH-]=CC=C.[Cl-].[Cl-].[Pd+2]. The van der Waals surface area contributed by atoms with Gasteiger partial charge in [0.2, 0.25) is 0 Å². The van der Waals surface area contributed by atoms with E-state index in [1.54, 1.807) is 0 Å². The predicted molar refractivity (Wildman–Crippen MR) is 19.1 cm³/mol. The van der Waals surface area contributed by atoms with Gasteiger partial charge in [0.1, 0.15) is 0 Å². The summed E-state index contributed by atoms with van der Waals surface area (Å²) in [6, 6.07) is 0. The van der Waals surface area contributed by atoms with Gasteiger partial charge in [0, 0.05) is 0 Å². The number of rotatable bonds is 1. The standard InChI is InChI=1S/C4H5.2ClH.Pd/c1-3-4-2;;;/h1,3-4H,2H2;2*1H;/q-1;;;+2/p-2. The van der Waals surface area contributed by atoms with Crippen LogP contribution in [0.4, 0.5) is 0 Å². The summed E-state index contributed by atoms with van der Waals surface area (Å²) in [5.41, 5.74) is 0. The molecular formula is C4H5Cl2Pd-. The Kier molecular flexibility index (Phi) is 107. The van der Waals surface area contributed by atoms with Crippen LogP contribution in [0.2, 0.25) is 0 Å². The van der Waals surface area contributed by atoms with Gasteiger partial charge < -0.3 is 24.8 Å². The largest absolute Gasteiger partial charge is 2.00 e. The molecule has 0 aliphatic heterocycles. The van der Waals surface area contributed by atoms with Gasteiger partial charge in [0.15, 0.2) is 0 Å². The second-order valence-corrected chi connectivity index (χ2v) is 0.428. The van der Waals surface area contributed by atoms with Crippen LogP contribution in [0, 0.1) is 6.58 Å². The van der Waals surface area contributed by atoms with Gasteiger partial charge in [-0.2, -0.15) is 6.58 Å². The summed E-state index contributed by atoms with van der Waals surface area (Å²) in [7, 11) is 0. The van der Waals surface area contributed by atoms with Crippen LogP contribution in [0.1, 0.15) is 0 Å². The van der Waals surface area contributed by atoms with Crippen molar-refractivity contribution in [3.05, 3.63) is 25.3 Å². The topological polar surface area (TPSA) is 0 Å². The maximum absolute atomic E-state index is 4.78. The van der Waals surface area contributed by atoms with E-state index in [9.17, 15) is 0 Å². The minimum Gasteiger partial charge on any atom is -1.00 e. The zero-order chi connectivity index (χ0) is 3.41. The van der Waals surface area contributed by atoms with Crippen molar-refractivity contribution in [1.29, 1.82) is 0 Å². The molecule has 0 aromatic heterocycles. The van der Waals surface area contributed by atoms with Gasteiger partial charge >= 0.3 is 20.4 Å². The molecule has 0 aliphatic rings. The number of hydrogen-bond acceptors (Lipinski definition) is 0. The summed E-state index contributed by atoms with van der Waals surface area (Å²) in [6.45, 7) is 8.08. The van der Waals surface area contributed by atoms with E-state index in [0.29, 0.717) is 0 Å². The van der Waals surface area contributed by atoms with E-state index in [4.69, 9.17) is 6.58 Å². The third-order valence-corrected chi connectivity index (χ3v) is 0.136. The Morgan fingerprint density at radius 2 is 1.43 bits per heavy atom. The average molecular weight is 230 g/mol. The van der Waals surface area contributed by atoms with E-state index >= 15 is 0 Å². The molecule has 0 N–H and O–H groups in total. The second-order valence-electron chi connectivity index (χ2n) is 0.428. The van der Waals surface area contributed by atoms with Crippen LogP contribution in [0.3, 0.4) is 0 Å². The Bertz CT molecular complexity index is 30.7. The van der Waals surface area contributed by atoms with Gasteiger partial charge in [-0.25, -0.2) is 12.2 Å². The van der Waals surface area contributed by atoms with Crippen molar-refractivity contribution < 1.29 is 45.2 Å². The fourth-order valence-corrected chi connectivity index (χ4v) is 0. The van der Waals surface area contributed by atoms with Crippen LogP contribution in [-0.2, 0) is 20.4 Å². The van der Waals surface area contributed by atoms with Crippen LogP contribution < -0.4 is 24.8 Å². The molecule has 0 radical (unpaired) electrons. The molecule has 0 nitrogen and oxygen atoms in total. The Hall–Kier alpha value is 0.722. The quantitative estimate of drug-likeness (QED) is 0.241. The maximum atomic E-state index is 4.78. The van der Waals surface area contributed by atoms with E-state index in [1.165, 1.54) is 12.2 Å². The molecule has 0 saturated carbocycles. The van der Waals surface area contributed by atoms with E-state index in [0.717, 1.165) is 0 Å². The molecule has 0 amide bonds. The molecule has 0 rings (SSSR count). The molecular weight excluding hydrogens is 225 g/mol. The fraction of sp³-hybridized carbons (Fsp3) is 0. The summed E-state index contributed by atoms with van der Waals surface area (Å²) < 4.78 is 0. The first-order valence-corrected chi connectivity index (χ1v) is 1.07. The monoisotopic (exact) mass is 229 g/mol. The maximum Gasteiger partial charge on any atom is 2.00 e. The minimum absolute atomic E-state index is 0. The van der Waals surface area contributed by atoms with E-state index in [-0.39, 0.29) is 45.2 Å². The van der Waals surface area contributed by atoms with E-state index in [2.05, 4.69) is 6.58 Å². The van der Waals surface area contributed by atoms with E-state index < -0.39 is 0 Å². The smallest absolute Gasteiger partial charge is 1.00 e. The number of hydrogen-bond donors (Lipinski definition) is 0. The van der Waals surface area contributed by atoms with Crippen molar-refractivity contribution >= 4 is 0 Å². The molecule has 0 bridgehead atoms. The van der Waals surface area contributed by atoms with Gasteiger partial charge in [-0.3, -0.25) is 6.58 Å². The predicted octanol–water partition coefficient (Wildman–Crippen LogP) is -4.83. The van der Waals surface area contributed by atoms with Gasteiger partial charge in [0.25, 0.3) is 0 Å². The summed E-state index contributed by atoms with van der Waals surface area (Å²) in [5, 5.41) is 0. The molecule has 0 aromatic carbocycles. The van der Waals surface area contributed by atoms with Crippen molar-refractivity contribution in [3.8, 4) is 0 Å². The average Bonchev–Trinajstić information content (AvgIpc) is 1.37. The second kappa shape index (κ2) is 29.7. The Balaban J connectivity index is -0.0000000150. The first-order valence-electron chi connectivity index (χ1n) is 1.07. The zero-order valence-electron chi connectivity index (χ0n) is 3.51. The molecule has 0 aromatic rings. The van der Waals surface area contributed by atoms with Gasteiger partial charge in [-0.15, -0.1) is 0 Å². The zero-order valence-corrected chi connectivity index (χ0v) is 6.58.